The number of ether oxygens (including phenoxy) is 1. The van der Waals surface area contributed by atoms with E-state index in [0.717, 1.165) is 11.3 Å². The zero-order chi connectivity index (χ0) is 15.4. The molecule has 0 aliphatic carbocycles. The maximum absolute atomic E-state index is 12.6. The first kappa shape index (κ1) is 15.7. The highest BCUT2D eigenvalue weighted by molar-refractivity contribution is 7.99. The minimum Gasteiger partial charge on any atom is -0.496 e. The highest BCUT2D eigenvalue weighted by atomic mass is 32.2. The summed E-state index contributed by atoms with van der Waals surface area (Å²) in [6.45, 7) is 2.50. The molecule has 0 radical (unpaired) electrons. The fraction of sp³-hybridized carbons (Fsp3) is 0.467. The van der Waals surface area contributed by atoms with E-state index < -0.39 is 5.97 Å². The summed E-state index contributed by atoms with van der Waals surface area (Å²) in [5, 5.41) is 8.99. The molecule has 5 nitrogen and oxygen atoms in total. The number of carboxylic acids is 1. The molecule has 0 bridgehead atoms. The average molecular weight is 309 g/mol. The molecule has 1 aliphatic heterocycles. The van der Waals surface area contributed by atoms with Gasteiger partial charge in [-0.15, -0.1) is 0 Å². The van der Waals surface area contributed by atoms with E-state index in [4.69, 9.17) is 9.84 Å². The topological polar surface area (TPSA) is 66.8 Å². The van der Waals surface area contributed by atoms with E-state index in [0.29, 0.717) is 23.6 Å². The molecule has 1 aromatic rings. The molecule has 0 aromatic heterocycles. The Morgan fingerprint density at radius 3 is 2.90 bits per heavy atom. The summed E-state index contributed by atoms with van der Waals surface area (Å²) in [6, 6.07) is 5.08. The number of carboxylic acid groups (broad SMARTS) is 1. The fourth-order valence-corrected chi connectivity index (χ4v) is 3.47. The highest BCUT2D eigenvalue weighted by Gasteiger charge is 2.29. The molecule has 2 rings (SSSR count). The number of aliphatic carboxylic acids is 1. The van der Waals surface area contributed by atoms with Gasteiger partial charge >= 0.3 is 5.97 Å². The van der Waals surface area contributed by atoms with Gasteiger partial charge in [0, 0.05) is 23.6 Å². The van der Waals surface area contributed by atoms with Gasteiger partial charge < -0.3 is 14.7 Å². The minimum absolute atomic E-state index is 0.0122. The van der Waals surface area contributed by atoms with E-state index in [1.165, 1.54) is 0 Å². The zero-order valence-corrected chi connectivity index (χ0v) is 13.0. The molecule has 1 N–H and O–H groups in total. The van der Waals surface area contributed by atoms with Gasteiger partial charge in [-0.1, -0.05) is 6.07 Å². The number of hydrogen-bond donors (Lipinski definition) is 1. The number of carbonyl (C=O) groups is 2. The van der Waals surface area contributed by atoms with Crippen LogP contribution in [0, 0.1) is 6.92 Å². The third-order valence-electron chi connectivity index (χ3n) is 3.55. The van der Waals surface area contributed by atoms with Crippen LogP contribution in [0.3, 0.4) is 0 Å². The molecular formula is C15H19NO4S. The van der Waals surface area contributed by atoms with Gasteiger partial charge in [0.05, 0.1) is 19.6 Å². The number of amides is 1. The van der Waals surface area contributed by atoms with Gasteiger partial charge in [0.1, 0.15) is 5.75 Å². The van der Waals surface area contributed by atoms with Gasteiger partial charge in [-0.25, -0.2) is 0 Å². The Bertz CT molecular complexity index is 546. The Kier molecular flexibility index (Phi) is 5.12. The number of thioether (sulfide) groups is 1. The van der Waals surface area contributed by atoms with Crippen LogP contribution in [-0.4, -0.2) is 53.1 Å². The second kappa shape index (κ2) is 6.85. The quantitative estimate of drug-likeness (QED) is 0.922. The maximum atomic E-state index is 12.6. The fourth-order valence-electron chi connectivity index (χ4n) is 2.41. The highest BCUT2D eigenvalue weighted by Crippen LogP contribution is 2.24. The first-order chi connectivity index (χ1) is 10.0. The number of nitrogens with zero attached hydrogens (tertiary/aromatic N) is 1. The summed E-state index contributed by atoms with van der Waals surface area (Å²) in [6.07, 6.45) is -0.0122. The van der Waals surface area contributed by atoms with Crippen molar-refractivity contribution in [3.63, 3.8) is 0 Å². The zero-order valence-electron chi connectivity index (χ0n) is 12.2. The van der Waals surface area contributed by atoms with Crippen molar-refractivity contribution in [1.82, 2.24) is 4.90 Å². The largest absolute Gasteiger partial charge is 0.496 e. The molecule has 1 fully saturated rings. The van der Waals surface area contributed by atoms with Crippen LogP contribution < -0.4 is 4.74 Å². The summed E-state index contributed by atoms with van der Waals surface area (Å²) >= 11 is 1.69. The molecule has 1 aromatic carbocycles. The van der Waals surface area contributed by atoms with Crippen LogP contribution in [0.1, 0.15) is 22.3 Å². The molecular weight excluding hydrogens is 290 g/mol. The number of hydrogen-bond acceptors (Lipinski definition) is 4. The number of carbonyl (C=O) groups excluding carboxylic acids is 1. The van der Waals surface area contributed by atoms with Crippen molar-refractivity contribution in [3.8, 4) is 5.75 Å². The smallest absolute Gasteiger partial charge is 0.305 e. The summed E-state index contributed by atoms with van der Waals surface area (Å²) in [4.78, 5) is 25.3. The molecule has 1 heterocycles. The molecule has 6 heteroatoms. The van der Waals surface area contributed by atoms with Gasteiger partial charge in [0.25, 0.3) is 5.91 Å². The molecule has 114 valence electrons. The lowest BCUT2D eigenvalue weighted by Gasteiger charge is -2.34. The van der Waals surface area contributed by atoms with Crippen LogP contribution in [0.15, 0.2) is 18.2 Å². The number of methoxy groups -OCH3 is 1. The molecule has 1 aliphatic rings. The van der Waals surface area contributed by atoms with E-state index in [1.807, 2.05) is 13.0 Å². The van der Waals surface area contributed by atoms with Crippen molar-refractivity contribution in [1.29, 1.82) is 0 Å². The predicted molar refractivity (Wildman–Crippen MR) is 82.1 cm³/mol. The Hall–Kier alpha value is -1.69. The average Bonchev–Trinajstić information content (AvgIpc) is 2.47. The van der Waals surface area contributed by atoms with Crippen molar-refractivity contribution in [2.24, 2.45) is 0 Å². The van der Waals surface area contributed by atoms with E-state index in [1.54, 1.807) is 35.9 Å². The van der Waals surface area contributed by atoms with Gasteiger partial charge in [-0.2, -0.15) is 11.8 Å². The van der Waals surface area contributed by atoms with E-state index in [2.05, 4.69) is 0 Å². The molecule has 21 heavy (non-hydrogen) atoms. The molecule has 0 saturated carbocycles. The predicted octanol–water partition coefficient (Wildman–Crippen LogP) is 2.04. The Morgan fingerprint density at radius 1 is 1.48 bits per heavy atom. The number of aryl methyl sites for hydroxylation is 1. The number of benzene rings is 1. The molecule has 1 saturated heterocycles. The summed E-state index contributed by atoms with van der Waals surface area (Å²) in [5.74, 6) is 1.18. The second-order valence-electron chi connectivity index (χ2n) is 5.01. The SMILES string of the molecule is COc1cc(C(=O)N2CCSCC2CC(=O)O)ccc1C. The van der Waals surface area contributed by atoms with Crippen LogP contribution in [0.25, 0.3) is 0 Å². The lowest BCUT2D eigenvalue weighted by Crippen LogP contribution is -2.47. The minimum atomic E-state index is -0.873. The van der Waals surface area contributed by atoms with Gasteiger partial charge in [0.2, 0.25) is 0 Å². The van der Waals surface area contributed by atoms with Crippen molar-refractivity contribution >= 4 is 23.6 Å². The van der Waals surface area contributed by atoms with Gasteiger partial charge in [-0.3, -0.25) is 9.59 Å². The van der Waals surface area contributed by atoms with E-state index in [9.17, 15) is 9.59 Å². The van der Waals surface area contributed by atoms with E-state index >= 15 is 0 Å². The molecule has 1 atom stereocenters. The maximum Gasteiger partial charge on any atom is 0.305 e. The lowest BCUT2D eigenvalue weighted by molar-refractivity contribution is -0.138. The van der Waals surface area contributed by atoms with Crippen LogP contribution in [-0.2, 0) is 4.79 Å². The van der Waals surface area contributed by atoms with Crippen molar-refractivity contribution in [2.75, 3.05) is 25.2 Å². The van der Waals surface area contributed by atoms with E-state index in [-0.39, 0.29) is 18.4 Å². The normalized spacial score (nSPS) is 18.4. The standard InChI is InChI=1S/C15H19NO4S/c1-10-3-4-11(7-13(10)20-2)15(19)16-5-6-21-9-12(16)8-14(17)18/h3-4,7,12H,5-6,8-9H2,1-2H3,(H,17,18). The van der Waals surface area contributed by atoms with Crippen molar-refractivity contribution in [3.05, 3.63) is 29.3 Å². The third kappa shape index (κ3) is 3.69. The van der Waals surface area contributed by atoms with Gasteiger partial charge in [0.15, 0.2) is 0 Å². The number of rotatable bonds is 4. The molecule has 1 unspecified atom stereocenters. The third-order valence-corrected chi connectivity index (χ3v) is 4.65. The molecule has 0 spiro atoms. The van der Waals surface area contributed by atoms with Crippen LogP contribution >= 0.6 is 11.8 Å². The van der Waals surface area contributed by atoms with Crippen LogP contribution in [0.5, 0.6) is 5.75 Å². The Labute approximate surface area is 128 Å². The monoisotopic (exact) mass is 309 g/mol. The van der Waals surface area contributed by atoms with Crippen LogP contribution in [0.4, 0.5) is 0 Å². The Balaban J connectivity index is 2.22. The van der Waals surface area contributed by atoms with Gasteiger partial charge in [-0.05, 0) is 24.6 Å². The summed E-state index contributed by atoms with van der Waals surface area (Å²) in [5.41, 5.74) is 1.50. The summed E-state index contributed by atoms with van der Waals surface area (Å²) in [7, 11) is 1.57. The van der Waals surface area contributed by atoms with Crippen molar-refractivity contribution in [2.45, 2.75) is 19.4 Å². The first-order valence-electron chi connectivity index (χ1n) is 6.78. The van der Waals surface area contributed by atoms with Crippen LogP contribution in [0.2, 0.25) is 0 Å². The second-order valence-corrected chi connectivity index (χ2v) is 6.16. The lowest BCUT2D eigenvalue weighted by atomic mass is 10.1. The Morgan fingerprint density at radius 2 is 2.24 bits per heavy atom. The molecule has 1 amide bonds. The van der Waals surface area contributed by atoms with Crippen molar-refractivity contribution < 1.29 is 19.4 Å². The summed E-state index contributed by atoms with van der Waals surface area (Å²) < 4.78 is 5.25. The first-order valence-corrected chi connectivity index (χ1v) is 7.93.